The Morgan fingerprint density at radius 1 is 1.17 bits per heavy atom. The minimum atomic E-state index is 0.882. The highest BCUT2D eigenvalue weighted by molar-refractivity contribution is 4.94. The van der Waals surface area contributed by atoms with Crippen molar-refractivity contribution in [2.45, 2.75) is 59.8 Å². The fourth-order valence-electron chi connectivity index (χ4n) is 1.28. The minimum absolute atomic E-state index is 0.882. The van der Waals surface area contributed by atoms with Crippen molar-refractivity contribution >= 4 is 0 Å². The Morgan fingerprint density at radius 3 is 2.33 bits per heavy atom. The summed E-state index contributed by atoms with van der Waals surface area (Å²) in [6.07, 6.45) is 9.12. The first kappa shape index (κ1) is 11.7. The Hall–Kier alpha value is -0.260. The summed E-state index contributed by atoms with van der Waals surface area (Å²) in [5, 5.41) is 0. The molecule has 0 bridgehead atoms. The van der Waals surface area contributed by atoms with Crippen LogP contribution >= 0.6 is 0 Å². The van der Waals surface area contributed by atoms with E-state index in [2.05, 4.69) is 33.8 Å². The van der Waals surface area contributed by atoms with Crippen molar-refractivity contribution in [3.63, 3.8) is 0 Å². The highest BCUT2D eigenvalue weighted by atomic mass is 14.0. The molecule has 0 radical (unpaired) electrons. The van der Waals surface area contributed by atoms with Crippen molar-refractivity contribution < 1.29 is 0 Å². The van der Waals surface area contributed by atoms with Gasteiger partial charge >= 0.3 is 0 Å². The van der Waals surface area contributed by atoms with Gasteiger partial charge in [-0.15, -0.1) is 0 Å². The molecule has 0 saturated carbocycles. The van der Waals surface area contributed by atoms with E-state index in [4.69, 9.17) is 0 Å². The summed E-state index contributed by atoms with van der Waals surface area (Å²) in [6.45, 7) is 8.96. The summed E-state index contributed by atoms with van der Waals surface area (Å²) in [5.41, 5.74) is 1.54. The molecule has 0 rings (SSSR count). The molecule has 0 heterocycles. The molecule has 0 aromatic carbocycles. The maximum absolute atomic E-state index is 2.30. The second kappa shape index (κ2) is 7.39. The van der Waals surface area contributed by atoms with E-state index in [1.165, 1.54) is 32.1 Å². The Kier molecular flexibility index (Phi) is 7.23. The molecule has 0 aromatic rings. The molecule has 12 heavy (non-hydrogen) atoms. The SMILES string of the molecule is CC=C(C)CCCCCC(C)C. The van der Waals surface area contributed by atoms with Crippen molar-refractivity contribution in [3.05, 3.63) is 11.6 Å². The van der Waals surface area contributed by atoms with Crippen LogP contribution in [0, 0.1) is 5.92 Å². The summed E-state index contributed by atoms with van der Waals surface area (Å²) in [6, 6.07) is 0. The van der Waals surface area contributed by atoms with Crippen molar-refractivity contribution in [1.82, 2.24) is 0 Å². The third-order valence-corrected chi connectivity index (χ3v) is 2.35. The Balaban J connectivity index is 3.11. The molecule has 0 heteroatoms. The van der Waals surface area contributed by atoms with Crippen LogP contribution in [0.25, 0.3) is 0 Å². The molecule has 0 aliphatic rings. The molecule has 0 amide bonds. The molecular formula is C12H24. The molecule has 0 nitrogen and oxygen atoms in total. The zero-order valence-corrected chi connectivity index (χ0v) is 9.19. The number of hydrogen-bond acceptors (Lipinski definition) is 0. The predicted octanol–water partition coefficient (Wildman–Crippen LogP) is 4.56. The van der Waals surface area contributed by atoms with E-state index < -0.39 is 0 Å². The van der Waals surface area contributed by atoms with Crippen LogP contribution in [0.3, 0.4) is 0 Å². The third-order valence-electron chi connectivity index (χ3n) is 2.35. The Labute approximate surface area is 78.1 Å². The molecule has 0 aliphatic carbocycles. The lowest BCUT2D eigenvalue weighted by atomic mass is 10.0. The van der Waals surface area contributed by atoms with Gasteiger partial charge in [-0.05, 0) is 32.6 Å². The smallest absolute Gasteiger partial charge is 0.0323 e. The van der Waals surface area contributed by atoms with Gasteiger partial charge in [0, 0.05) is 0 Å². The van der Waals surface area contributed by atoms with Crippen LogP contribution in [-0.2, 0) is 0 Å². The van der Waals surface area contributed by atoms with Gasteiger partial charge in [0.25, 0.3) is 0 Å². The molecule has 0 aromatic heterocycles. The van der Waals surface area contributed by atoms with Gasteiger partial charge in [-0.3, -0.25) is 0 Å². The fraction of sp³-hybridized carbons (Fsp3) is 0.833. The van der Waals surface area contributed by atoms with Crippen LogP contribution in [0.2, 0.25) is 0 Å². The molecule has 0 spiro atoms. The number of unbranched alkanes of at least 4 members (excludes halogenated alkanes) is 2. The predicted molar refractivity (Wildman–Crippen MR) is 57.4 cm³/mol. The van der Waals surface area contributed by atoms with Crippen molar-refractivity contribution in [3.8, 4) is 0 Å². The number of hydrogen-bond donors (Lipinski definition) is 0. The van der Waals surface area contributed by atoms with Crippen LogP contribution in [-0.4, -0.2) is 0 Å². The van der Waals surface area contributed by atoms with Gasteiger partial charge in [0.1, 0.15) is 0 Å². The second-order valence-electron chi connectivity index (χ2n) is 4.13. The van der Waals surface area contributed by atoms with Crippen molar-refractivity contribution in [2.24, 2.45) is 5.92 Å². The monoisotopic (exact) mass is 168 g/mol. The van der Waals surface area contributed by atoms with Crippen LogP contribution < -0.4 is 0 Å². The average molecular weight is 168 g/mol. The lowest BCUT2D eigenvalue weighted by Crippen LogP contribution is -1.87. The molecule has 0 fully saturated rings. The largest absolute Gasteiger partial charge is 0.0887 e. The third kappa shape index (κ3) is 7.84. The van der Waals surface area contributed by atoms with Crippen molar-refractivity contribution in [1.29, 1.82) is 0 Å². The zero-order valence-electron chi connectivity index (χ0n) is 9.19. The van der Waals surface area contributed by atoms with E-state index in [1.54, 1.807) is 5.57 Å². The summed E-state index contributed by atoms with van der Waals surface area (Å²) >= 11 is 0. The first-order valence-corrected chi connectivity index (χ1v) is 5.28. The molecule has 72 valence electrons. The number of allylic oxidation sites excluding steroid dienone is 2. The lowest BCUT2D eigenvalue weighted by molar-refractivity contribution is 0.527. The van der Waals surface area contributed by atoms with Gasteiger partial charge in [0.15, 0.2) is 0 Å². The molecular weight excluding hydrogens is 144 g/mol. The number of rotatable bonds is 6. The summed E-state index contributed by atoms with van der Waals surface area (Å²) in [4.78, 5) is 0. The van der Waals surface area contributed by atoms with Crippen LogP contribution in [0.5, 0.6) is 0 Å². The van der Waals surface area contributed by atoms with E-state index in [9.17, 15) is 0 Å². The zero-order chi connectivity index (χ0) is 9.40. The molecule has 0 N–H and O–H groups in total. The van der Waals surface area contributed by atoms with Crippen molar-refractivity contribution in [2.75, 3.05) is 0 Å². The Bertz CT molecular complexity index is 120. The fourth-order valence-corrected chi connectivity index (χ4v) is 1.28. The first-order chi connectivity index (χ1) is 5.66. The summed E-state index contributed by atoms with van der Waals surface area (Å²) < 4.78 is 0. The molecule has 0 saturated heterocycles. The standard InChI is InChI=1S/C12H24/c1-5-12(4)10-8-6-7-9-11(2)3/h5,11H,6-10H2,1-4H3. The van der Waals surface area contributed by atoms with E-state index in [0.29, 0.717) is 0 Å². The first-order valence-electron chi connectivity index (χ1n) is 5.28. The lowest BCUT2D eigenvalue weighted by Gasteiger charge is -2.04. The highest BCUT2D eigenvalue weighted by Gasteiger charge is 1.94. The van der Waals surface area contributed by atoms with E-state index in [0.717, 1.165) is 5.92 Å². The normalized spacial score (nSPS) is 12.6. The van der Waals surface area contributed by atoms with E-state index >= 15 is 0 Å². The van der Waals surface area contributed by atoms with Crippen LogP contribution in [0.1, 0.15) is 59.8 Å². The van der Waals surface area contributed by atoms with Gasteiger partial charge in [0.05, 0.1) is 0 Å². The topological polar surface area (TPSA) is 0 Å². The quantitative estimate of drug-likeness (QED) is 0.403. The maximum Gasteiger partial charge on any atom is -0.0323 e. The van der Waals surface area contributed by atoms with Crippen LogP contribution in [0.4, 0.5) is 0 Å². The van der Waals surface area contributed by atoms with Gasteiger partial charge in [-0.1, -0.05) is 44.8 Å². The van der Waals surface area contributed by atoms with Gasteiger partial charge in [-0.25, -0.2) is 0 Å². The Morgan fingerprint density at radius 2 is 1.83 bits per heavy atom. The molecule has 0 unspecified atom stereocenters. The molecule has 0 aliphatic heterocycles. The highest BCUT2D eigenvalue weighted by Crippen LogP contribution is 2.12. The molecule has 0 atom stereocenters. The van der Waals surface area contributed by atoms with Crippen LogP contribution in [0.15, 0.2) is 11.6 Å². The van der Waals surface area contributed by atoms with Gasteiger partial charge < -0.3 is 0 Å². The van der Waals surface area contributed by atoms with Gasteiger partial charge in [-0.2, -0.15) is 0 Å². The van der Waals surface area contributed by atoms with E-state index in [1.807, 2.05) is 0 Å². The second-order valence-corrected chi connectivity index (χ2v) is 4.13. The summed E-state index contributed by atoms with van der Waals surface area (Å²) in [5.74, 6) is 0.882. The minimum Gasteiger partial charge on any atom is -0.0887 e. The van der Waals surface area contributed by atoms with Gasteiger partial charge in [0.2, 0.25) is 0 Å². The van der Waals surface area contributed by atoms with E-state index in [-0.39, 0.29) is 0 Å². The maximum atomic E-state index is 2.30. The summed E-state index contributed by atoms with van der Waals surface area (Å²) in [7, 11) is 0. The average Bonchev–Trinajstić information content (AvgIpc) is 2.03.